The summed E-state index contributed by atoms with van der Waals surface area (Å²) in [5, 5.41) is 0. The Balaban J connectivity index is 0.000000219. The Labute approximate surface area is 533 Å². The maximum atomic E-state index is 3.63. The van der Waals surface area contributed by atoms with E-state index in [-0.39, 0.29) is 18.3 Å². The molecule has 0 radical (unpaired) electrons. The molecule has 2 aliphatic rings. The van der Waals surface area contributed by atoms with Crippen molar-refractivity contribution in [3.05, 3.63) is 213 Å². The molecular weight excluding hydrogens is 1160 g/mol. The number of fused-ring (bicyclic) bond motifs is 6. The van der Waals surface area contributed by atoms with E-state index in [4.69, 9.17) is 0 Å². The average molecular weight is 1260 g/mol. The molecule has 0 spiro atoms. The monoisotopic (exact) mass is 1260 g/mol. The van der Waals surface area contributed by atoms with Gasteiger partial charge in [-0.1, -0.05) is 355 Å². The lowest BCUT2D eigenvalue weighted by molar-refractivity contribution is 0.398. The van der Waals surface area contributed by atoms with Crippen LogP contribution in [0.25, 0.3) is 66.8 Å². The molecule has 8 aromatic carbocycles. The van der Waals surface area contributed by atoms with Gasteiger partial charge < -0.3 is 0 Å². The Hall–Kier alpha value is -5.28. The van der Waals surface area contributed by atoms with Gasteiger partial charge in [0.15, 0.2) is 0 Å². The predicted molar refractivity (Wildman–Crippen MR) is 381 cm³/mol. The molecule has 0 fully saturated rings. The van der Waals surface area contributed by atoms with E-state index >= 15 is 0 Å². The molecule has 0 saturated carbocycles. The molecule has 2 aliphatic carbocycles. The van der Waals surface area contributed by atoms with Crippen LogP contribution in [-0.2, 0) is 10.8 Å². The summed E-state index contributed by atoms with van der Waals surface area (Å²) in [6.07, 6.45) is 37.2. The topological polar surface area (TPSA) is 0 Å². The summed E-state index contributed by atoms with van der Waals surface area (Å²) >= 11 is 7.27. The third-order valence-electron chi connectivity index (χ3n) is 19.1. The first-order chi connectivity index (χ1) is 41.3. The van der Waals surface area contributed by atoms with E-state index in [0.717, 1.165) is 8.95 Å². The molecule has 0 atom stereocenters. The predicted octanol–water partition coefficient (Wildman–Crippen LogP) is 27.7. The quantitative estimate of drug-likeness (QED) is 0.0369. The summed E-state index contributed by atoms with van der Waals surface area (Å²) in [5.41, 5.74) is 22.9. The molecule has 2 heteroatoms. The summed E-state index contributed by atoms with van der Waals surface area (Å²) in [6.45, 7) is 9.26. The zero-order valence-electron chi connectivity index (χ0n) is 51.9. The first-order valence-corrected chi connectivity index (χ1v) is 35.1. The van der Waals surface area contributed by atoms with Crippen molar-refractivity contribution < 1.29 is 0 Å². The molecule has 0 nitrogen and oxygen atoms in total. The first kappa shape index (κ1) is 65.7. The van der Waals surface area contributed by atoms with E-state index in [0.29, 0.717) is 0 Å². The Morgan fingerprint density at radius 3 is 0.694 bits per heavy atom. The van der Waals surface area contributed by atoms with Crippen molar-refractivity contribution in [3.8, 4) is 66.8 Å². The molecule has 8 aromatic rings. The van der Waals surface area contributed by atoms with Crippen molar-refractivity contribution in [2.75, 3.05) is 0 Å². The van der Waals surface area contributed by atoms with Gasteiger partial charge in [0, 0.05) is 19.8 Å². The second-order valence-corrected chi connectivity index (χ2v) is 26.9. The standard InChI is InChI=1S/C41H48Br2.C41H50.CH4/c1-3-5-7-9-11-13-27-41(28-14-12-10-8-6-4-2)39-29-33(31-15-21-35(42)22-16-31)19-25-37(39)38-26-20-34(30-40(38)41)32-17-23-36(43)24-18-32;1-3-5-7-9-11-19-29-41(30-20-12-10-8-6-4-2)39-31-35(33-21-15-13-16-22-33)25-27-37(39)38-28-26-36(32-40(38)41)34-23-17-14-18-24-34;/h15-26,29-30H,3-14,27-28H2,1-2H3;13-18,21-28,31-32H,3-12,19-20,29-30H2,1-2H3;1H4. The SMILES string of the molecule is C.CCCCCCCCC1(CCCCCCCC)c2cc(-c3ccc(Br)cc3)ccc2-c2ccc(-c3ccc(Br)cc3)cc21.CCCCCCCCC1(CCCCCCCC)c2cc(-c3ccccc3)ccc2-c2ccc(-c3ccccc3)cc21. The molecule has 0 bridgehead atoms. The smallest absolute Gasteiger partial charge is 0.0215 e. The van der Waals surface area contributed by atoms with Crippen molar-refractivity contribution in [2.24, 2.45) is 0 Å². The van der Waals surface area contributed by atoms with Crippen LogP contribution in [0.2, 0.25) is 0 Å². The Kier molecular flexibility index (Phi) is 26.1. The third kappa shape index (κ3) is 16.7. The lowest BCUT2D eigenvalue weighted by Gasteiger charge is -2.33. The van der Waals surface area contributed by atoms with Gasteiger partial charge in [-0.05, 0) is 163 Å². The zero-order chi connectivity index (χ0) is 58.4. The minimum absolute atomic E-state index is 0. The van der Waals surface area contributed by atoms with E-state index < -0.39 is 0 Å². The van der Waals surface area contributed by atoms with Gasteiger partial charge in [-0.25, -0.2) is 0 Å². The van der Waals surface area contributed by atoms with Gasteiger partial charge in [0.05, 0.1) is 0 Å². The molecule has 0 unspecified atom stereocenters. The normalized spacial score (nSPS) is 13.1. The van der Waals surface area contributed by atoms with Gasteiger partial charge in [-0.2, -0.15) is 0 Å². The molecule has 0 heterocycles. The second kappa shape index (κ2) is 33.7. The number of hydrogen-bond donors (Lipinski definition) is 0. The number of benzene rings is 8. The Bertz CT molecular complexity index is 3020. The molecule has 0 N–H and O–H groups in total. The van der Waals surface area contributed by atoms with Crippen molar-refractivity contribution in [2.45, 2.75) is 226 Å². The van der Waals surface area contributed by atoms with Crippen LogP contribution in [0.1, 0.15) is 237 Å². The fourth-order valence-corrected chi connectivity index (χ4v) is 14.9. The maximum absolute atomic E-state index is 3.63. The highest BCUT2D eigenvalue weighted by atomic mass is 79.9. The zero-order valence-corrected chi connectivity index (χ0v) is 55.0. The van der Waals surface area contributed by atoms with Gasteiger partial charge in [0.2, 0.25) is 0 Å². The number of rotatable bonds is 32. The van der Waals surface area contributed by atoms with Crippen molar-refractivity contribution in [1.82, 2.24) is 0 Å². The molecule has 448 valence electrons. The molecular formula is C83H102Br2. The highest BCUT2D eigenvalue weighted by Crippen LogP contribution is 2.58. The van der Waals surface area contributed by atoms with Crippen LogP contribution in [-0.4, -0.2) is 0 Å². The fraction of sp³-hybridized carbons (Fsp3) is 0.422. The van der Waals surface area contributed by atoms with Crippen molar-refractivity contribution in [3.63, 3.8) is 0 Å². The highest BCUT2D eigenvalue weighted by molar-refractivity contribution is 9.10. The van der Waals surface area contributed by atoms with Crippen LogP contribution in [0.4, 0.5) is 0 Å². The van der Waals surface area contributed by atoms with Gasteiger partial charge in [0.1, 0.15) is 0 Å². The van der Waals surface area contributed by atoms with E-state index in [9.17, 15) is 0 Å². The highest BCUT2D eigenvalue weighted by Gasteiger charge is 2.44. The van der Waals surface area contributed by atoms with Crippen LogP contribution in [0.3, 0.4) is 0 Å². The first-order valence-electron chi connectivity index (χ1n) is 33.5. The second-order valence-electron chi connectivity index (χ2n) is 25.0. The molecule has 10 rings (SSSR count). The van der Waals surface area contributed by atoms with Gasteiger partial charge >= 0.3 is 0 Å². The summed E-state index contributed by atoms with van der Waals surface area (Å²) in [4.78, 5) is 0. The van der Waals surface area contributed by atoms with E-state index in [1.54, 1.807) is 22.3 Å². The van der Waals surface area contributed by atoms with E-state index in [2.05, 4.69) is 242 Å². The summed E-state index contributed by atoms with van der Waals surface area (Å²) in [7, 11) is 0. The van der Waals surface area contributed by atoms with Gasteiger partial charge in [0.25, 0.3) is 0 Å². The largest absolute Gasteiger partial charge is 0.0776 e. The van der Waals surface area contributed by atoms with E-state index in [1.807, 2.05) is 0 Å². The van der Waals surface area contributed by atoms with Crippen LogP contribution >= 0.6 is 31.9 Å². The molecule has 0 aliphatic heterocycles. The Morgan fingerprint density at radius 2 is 0.447 bits per heavy atom. The number of hydrogen-bond acceptors (Lipinski definition) is 0. The lowest BCUT2D eigenvalue weighted by atomic mass is 9.70. The molecule has 0 saturated heterocycles. The summed E-state index contributed by atoms with van der Waals surface area (Å²) in [5.74, 6) is 0. The fourth-order valence-electron chi connectivity index (χ4n) is 14.4. The minimum atomic E-state index is 0. The van der Waals surface area contributed by atoms with Crippen LogP contribution < -0.4 is 0 Å². The number of halogens is 2. The van der Waals surface area contributed by atoms with Gasteiger partial charge in [-0.15, -0.1) is 0 Å². The van der Waals surface area contributed by atoms with Crippen molar-refractivity contribution >= 4 is 31.9 Å². The lowest BCUT2D eigenvalue weighted by Crippen LogP contribution is -2.25. The van der Waals surface area contributed by atoms with Crippen LogP contribution in [0.5, 0.6) is 0 Å². The molecule has 85 heavy (non-hydrogen) atoms. The minimum Gasteiger partial charge on any atom is -0.0776 e. The van der Waals surface area contributed by atoms with Crippen molar-refractivity contribution in [1.29, 1.82) is 0 Å². The van der Waals surface area contributed by atoms with E-state index in [1.165, 1.54) is 247 Å². The number of unbranched alkanes of at least 4 members (excludes halogenated alkanes) is 20. The summed E-state index contributed by atoms with van der Waals surface area (Å²) in [6, 6.07) is 69.1. The van der Waals surface area contributed by atoms with Crippen LogP contribution in [0, 0.1) is 0 Å². The maximum Gasteiger partial charge on any atom is 0.0215 e. The summed E-state index contributed by atoms with van der Waals surface area (Å²) < 4.78 is 2.26. The third-order valence-corrected chi connectivity index (χ3v) is 20.2. The molecule has 0 aromatic heterocycles. The average Bonchev–Trinajstić information content (AvgIpc) is 1.72. The molecule has 0 amide bonds. The Morgan fingerprint density at radius 1 is 0.235 bits per heavy atom. The van der Waals surface area contributed by atoms with Gasteiger partial charge in [-0.3, -0.25) is 0 Å². The van der Waals surface area contributed by atoms with Crippen LogP contribution in [0.15, 0.2) is 191 Å².